The van der Waals surface area contributed by atoms with Gasteiger partial charge >= 0.3 is 0 Å². The number of piperidine rings is 1. The van der Waals surface area contributed by atoms with E-state index in [-0.39, 0.29) is 5.54 Å². The van der Waals surface area contributed by atoms with E-state index in [1.54, 1.807) is 12.1 Å². The van der Waals surface area contributed by atoms with Gasteiger partial charge in [-0.1, -0.05) is 42.8 Å². The number of hydrogen-bond donors (Lipinski definition) is 2. The minimum absolute atomic E-state index is 0.278. The average Bonchev–Trinajstić information content (AvgIpc) is 2.82. The van der Waals surface area contributed by atoms with E-state index in [4.69, 9.17) is 5.73 Å². The van der Waals surface area contributed by atoms with Crippen molar-refractivity contribution in [3.8, 4) is 5.75 Å². The fourth-order valence-electron chi connectivity index (χ4n) is 4.84. The largest absolute Gasteiger partial charge is 0.508 e. The smallest absolute Gasteiger partial charge is 0.115 e. The molecule has 3 atom stereocenters. The van der Waals surface area contributed by atoms with Gasteiger partial charge in [0.05, 0.1) is 5.54 Å². The standard InChI is InChI=1S/C21H26N2O/c1-3-23-11-10-19-20(15-5-7-16(24)8-6-15)17-12-14(2)4-9-18(17)21(19,22)13-23/h4-9,12,19-20,24H,3,10-11,13,22H2,1-2H3/t19-,20+,21-/m0/s1. The van der Waals surface area contributed by atoms with Crippen molar-refractivity contribution in [2.75, 3.05) is 19.6 Å². The summed E-state index contributed by atoms with van der Waals surface area (Å²) in [4.78, 5) is 2.47. The molecule has 0 radical (unpaired) electrons. The second-order valence-electron chi connectivity index (χ2n) is 7.46. The summed E-state index contributed by atoms with van der Waals surface area (Å²) in [5, 5.41) is 9.66. The summed E-state index contributed by atoms with van der Waals surface area (Å²) in [6.45, 7) is 7.46. The summed E-state index contributed by atoms with van der Waals surface area (Å²) in [5.41, 5.74) is 12.0. The van der Waals surface area contributed by atoms with Crippen molar-refractivity contribution < 1.29 is 5.11 Å². The molecule has 1 heterocycles. The topological polar surface area (TPSA) is 49.5 Å². The van der Waals surface area contributed by atoms with E-state index >= 15 is 0 Å². The molecule has 2 aromatic rings. The van der Waals surface area contributed by atoms with Crippen molar-refractivity contribution >= 4 is 0 Å². The minimum Gasteiger partial charge on any atom is -0.508 e. The third-order valence-electron chi connectivity index (χ3n) is 6.05. The highest BCUT2D eigenvalue weighted by Crippen LogP contribution is 2.54. The van der Waals surface area contributed by atoms with Gasteiger partial charge in [-0.05, 0) is 61.2 Å². The first-order valence-electron chi connectivity index (χ1n) is 8.94. The number of fused-ring (bicyclic) bond motifs is 3. The Morgan fingerprint density at radius 1 is 1.21 bits per heavy atom. The fourth-order valence-corrected chi connectivity index (χ4v) is 4.84. The Hall–Kier alpha value is -1.84. The molecule has 126 valence electrons. The predicted molar refractivity (Wildman–Crippen MR) is 97.2 cm³/mol. The first kappa shape index (κ1) is 15.7. The molecular weight excluding hydrogens is 296 g/mol. The van der Waals surface area contributed by atoms with Gasteiger partial charge in [0, 0.05) is 12.5 Å². The SMILES string of the molecule is CCN1CC[C@H]2[C@H](c3ccc(O)cc3)c3cc(C)ccc3[C@@]2(N)C1. The second-order valence-corrected chi connectivity index (χ2v) is 7.46. The maximum absolute atomic E-state index is 9.66. The van der Waals surface area contributed by atoms with Crippen LogP contribution in [0.2, 0.25) is 0 Å². The molecule has 2 aliphatic rings. The molecule has 1 fully saturated rings. The van der Waals surface area contributed by atoms with E-state index < -0.39 is 0 Å². The van der Waals surface area contributed by atoms with E-state index in [2.05, 4.69) is 49.1 Å². The normalized spacial score (nSPS) is 29.3. The lowest BCUT2D eigenvalue weighted by atomic mass is 9.74. The highest BCUT2D eigenvalue weighted by atomic mass is 16.3. The van der Waals surface area contributed by atoms with Crippen molar-refractivity contribution in [2.24, 2.45) is 11.7 Å². The summed E-state index contributed by atoms with van der Waals surface area (Å²) in [6, 6.07) is 14.5. The summed E-state index contributed by atoms with van der Waals surface area (Å²) >= 11 is 0. The molecule has 24 heavy (non-hydrogen) atoms. The Kier molecular flexibility index (Phi) is 3.66. The molecule has 3 heteroatoms. The quantitative estimate of drug-likeness (QED) is 0.891. The van der Waals surface area contributed by atoms with Crippen molar-refractivity contribution in [3.05, 3.63) is 64.7 Å². The third kappa shape index (κ3) is 2.27. The molecule has 0 saturated carbocycles. The number of likely N-dealkylation sites (N-methyl/N-ethyl adjacent to an activating group) is 1. The van der Waals surface area contributed by atoms with Crippen molar-refractivity contribution in [1.29, 1.82) is 0 Å². The lowest BCUT2D eigenvalue weighted by Crippen LogP contribution is -2.55. The van der Waals surface area contributed by atoms with Crippen LogP contribution in [0.25, 0.3) is 0 Å². The summed E-state index contributed by atoms with van der Waals surface area (Å²) in [5.74, 6) is 1.06. The number of hydrogen-bond acceptors (Lipinski definition) is 3. The molecule has 1 aliphatic carbocycles. The predicted octanol–water partition coefficient (Wildman–Crippen LogP) is 3.34. The Balaban J connectivity index is 1.86. The van der Waals surface area contributed by atoms with Gasteiger partial charge in [-0.2, -0.15) is 0 Å². The fraction of sp³-hybridized carbons (Fsp3) is 0.429. The van der Waals surface area contributed by atoms with Crippen LogP contribution in [0.5, 0.6) is 5.75 Å². The zero-order valence-corrected chi connectivity index (χ0v) is 14.5. The van der Waals surface area contributed by atoms with Crippen molar-refractivity contribution in [1.82, 2.24) is 4.90 Å². The van der Waals surface area contributed by atoms with E-state index in [0.717, 1.165) is 26.1 Å². The summed E-state index contributed by atoms with van der Waals surface area (Å²) in [6.07, 6.45) is 1.11. The van der Waals surface area contributed by atoms with Gasteiger partial charge in [0.2, 0.25) is 0 Å². The van der Waals surface area contributed by atoms with Crippen LogP contribution in [0.3, 0.4) is 0 Å². The Morgan fingerprint density at radius 3 is 2.67 bits per heavy atom. The molecule has 1 aliphatic heterocycles. The van der Waals surface area contributed by atoms with E-state index in [9.17, 15) is 5.11 Å². The number of phenols is 1. The molecule has 2 aromatic carbocycles. The molecule has 0 bridgehead atoms. The van der Waals surface area contributed by atoms with Crippen LogP contribution in [0.1, 0.15) is 41.5 Å². The third-order valence-corrected chi connectivity index (χ3v) is 6.05. The number of aryl methyl sites for hydroxylation is 1. The van der Waals surface area contributed by atoms with E-state index in [0.29, 0.717) is 17.6 Å². The molecule has 0 amide bonds. The lowest BCUT2D eigenvalue weighted by molar-refractivity contribution is 0.0998. The van der Waals surface area contributed by atoms with Crippen LogP contribution < -0.4 is 5.73 Å². The number of nitrogens with two attached hydrogens (primary N) is 1. The van der Waals surface area contributed by atoms with Crippen LogP contribution in [-0.2, 0) is 5.54 Å². The molecule has 1 saturated heterocycles. The average molecular weight is 322 g/mol. The lowest BCUT2D eigenvalue weighted by Gasteiger charge is -2.44. The highest BCUT2D eigenvalue weighted by molar-refractivity contribution is 5.51. The van der Waals surface area contributed by atoms with Gasteiger partial charge < -0.3 is 15.7 Å². The summed E-state index contributed by atoms with van der Waals surface area (Å²) < 4.78 is 0. The van der Waals surface area contributed by atoms with Crippen LogP contribution in [-0.4, -0.2) is 29.6 Å². The van der Waals surface area contributed by atoms with Gasteiger partial charge in [-0.25, -0.2) is 0 Å². The molecule has 0 aromatic heterocycles. The first-order chi connectivity index (χ1) is 11.5. The number of rotatable bonds is 2. The zero-order valence-electron chi connectivity index (χ0n) is 14.5. The monoisotopic (exact) mass is 322 g/mol. The number of benzene rings is 2. The van der Waals surface area contributed by atoms with Crippen LogP contribution >= 0.6 is 0 Å². The highest BCUT2D eigenvalue weighted by Gasteiger charge is 2.52. The van der Waals surface area contributed by atoms with Crippen LogP contribution in [0.15, 0.2) is 42.5 Å². The van der Waals surface area contributed by atoms with Crippen LogP contribution in [0, 0.1) is 12.8 Å². The number of nitrogens with zero attached hydrogens (tertiary/aromatic N) is 1. The van der Waals surface area contributed by atoms with E-state index in [1.807, 2.05) is 0 Å². The molecule has 3 nitrogen and oxygen atoms in total. The molecule has 0 unspecified atom stereocenters. The zero-order chi connectivity index (χ0) is 16.9. The van der Waals surface area contributed by atoms with E-state index in [1.165, 1.54) is 22.3 Å². The maximum Gasteiger partial charge on any atom is 0.115 e. The minimum atomic E-state index is -0.278. The molecule has 4 rings (SSSR count). The van der Waals surface area contributed by atoms with Gasteiger partial charge in [0.25, 0.3) is 0 Å². The molecule has 3 N–H and O–H groups in total. The first-order valence-corrected chi connectivity index (χ1v) is 8.94. The van der Waals surface area contributed by atoms with Crippen LogP contribution in [0.4, 0.5) is 0 Å². The van der Waals surface area contributed by atoms with Gasteiger partial charge in [-0.3, -0.25) is 0 Å². The second kappa shape index (κ2) is 5.61. The van der Waals surface area contributed by atoms with Gasteiger partial charge in [-0.15, -0.1) is 0 Å². The molecule has 0 spiro atoms. The summed E-state index contributed by atoms with van der Waals surface area (Å²) in [7, 11) is 0. The van der Waals surface area contributed by atoms with Gasteiger partial charge in [0.1, 0.15) is 5.75 Å². The number of likely N-dealkylation sites (tertiary alicyclic amines) is 1. The van der Waals surface area contributed by atoms with Gasteiger partial charge in [0.15, 0.2) is 0 Å². The van der Waals surface area contributed by atoms with Crippen molar-refractivity contribution in [2.45, 2.75) is 31.7 Å². The van der Waals surface area contributed by atoms with Crippen molar-refractivity contribution in [3.63, 3.8) is 0 Å². The number of phenolic OH excluding ortho intramolecular Hbond substituents is 1. The Morgan fingerprint density at radius 2 is 1.96 bits per heavy atom. The molecular formula is C21H26N2O. The Labute approximate surface area is 144 Å². The maximum atomic E-state index is 9.66. The Bertz CT molecular complexity index is 755. The number of aromatic hydroxyl groups is 1.